The molecule has 0 aliphatic heterocycles. The molecule has 6 amide bonds. The van der Waals surface area contributed by atoms with Gasteiger partial charge in [-0.1, -0.05) is 273 Å². The van der Waals surface area contributed by atoms with Crippen LogP contribution in [0.25, 0.3) is 0 Å². The molecule has 6 atom stereocenters. The first-order valence-electron chi connectivity index (χ1n) is 39.0. The van der Waals surface area contributed by atoms with Crippen molar-refractivity contribution < 1.29 is 139 Å². The van der Waals surface area contributed by atoms with Crippen LogP contribution >= 0.6 is 15.6 Å². The molecule has 0 aromatic rings. The van der Waals surface area contributed by atoms with Gasteiger partial charge in [-0.3, -0.25) is 37.9 Å². The Kier molecular flexibility index (Phi) is 78.6. The van der Waals surface area contributed by atoms with Crippen LogP contribution in [0.3, 0.4) is 0 Å². The molecule has 101 heavy (non-hydrogen) atoms. The first kappa shape index (κ1) is 106. The van der Waals surface area contributed by atoms with Crippen molar-refractivity contribution in [2.75, 3.05) is 52.6 Å². The predicted molar refractivity (Wildman–Crippen MR) is 392 cm³/mol. The van der Waals surface area contributed by atoms with Crippen molar-refractivity contribution in [3.63, 3.8) is 0 Å². The van der Waals surface area contributed by atoms with Crippen molar-refractivity contribution in [2.24, 2.45) is 0 Å². The van der Waals surface area contributed by atoms with E-state index in [4.69, 9.17) is 27.6 Å². The Hall–Kier alpha value is -1.69. The van der Waals surface area contributed by atoms with E-state index in [0.29, 0.717) is 25.7 Å². The van der Waals surface area contributed by atoms with E-state index in [2.05, 4.69) is 66.5 Å². The molecule has 0 radical (unpaired) electrons. The maximum Gasteiger partial charge on any atom is 1.00 e. The molecule has 0 spiro atoms. The Morgan fingerprint density at radius 1 is 0.356 bits per heavy atom. The van der Waals surface area contributed by atoms with Gasteiger partial charge in [0.05, 0.1) is 51.4 Å². The first-order chi connectivity index (χ1) is 47.3. The SMILES string of the molecule is C.CCCCCCCCCCCCCC(=O)N[C@H](CNC(=O)C[C@@H](CCCCCCC)OC(C)=O)COP(=O)([O-])OCCNC(=O)NCCOP(=O)([O-])OC[C@@H](CNC(=O)C[C@@H](CCCCCCC)OC(=O)CCCCCCCCCCC)NC(=O)CCCCCCCCCCCCC.[Na+].[Na+]. The van der Waals surface area contributed by atoms with Gasteiger partial charge < -0.3 is 69.3 Å². The number of rotatable bonds is 72. The van der Waals surface area contributed by atoms with E-state index in [1.807, 2.05) is 0 Å². The Balaban J connectivity index is -0.0000157. The Labute approximate surface area is 657 Å². The van der Waals surface area contributed by atoms with Crippen molar-refractivity contribution in [3.05, 3.63) is 0 Å². The number of urea groups is 1. The van der Waals surface area contributed by atoms with Crippen molar-refractivity contribution >= 4 is 57.2 Å². The van der Waals surface area contributed by atoms with E-state index in [9.17, 15) is 52.5 Å². The number of ether oxygens (including phenoxy) is 2. The van der Waals surface area contributed by atoms with Gasteiger partial charge in [-0.05, 0) is 44.9 Å². The number of carbonyl (C=O) groups excluding carboxylic acids is 7. The molecule has 27 heteroatoms. The van der Waals surface area contributed by atoms with E-state index in [1.54, 1.807) is 0 Å². The summed E-state index contributed by atoms with van der Waals surface area (Å²) >= 11 is 0. The van der Waals surface area contributed by atoms with Crippen molar-refractivity contribution in [1.82, 2.24) is 31.9 Å². The Morgan fingerprint density at radius 2 is 0.634 bits per heavy atom. The fourth-order valence-electron chi connectivity index (χ4n) is 11.4. The molecule has 0 aromatic carbocycles. The average Bonchev–Trinajstić information content (AvgIpc) is 0.944. The molecule has 2 unspecified atom stereocenters. The standard InChI is InChI=1S/C73H142N6O17P2.CH4.2Na/c1-7-12-17-22-25-28-30-33-35-40-45-50-68(81)78-64(59-76-70(83)57-66(95-63(6)80)48-43-38-20-15-10-4)61-93-97(87,88)91-55-53-74-73(86)75-54-56-92-98(89,90)94-62-65(79-69(82)51-46-41-36-34-31-29-26-23-18-13-8-2)60-77-71(84)58-67(49-44-39-21-16-11-5)96-72(85)52-47-42-37-32-27-24-19-14-9-3;;;/h64-67H,7-62H2,1-6H3,(H,76,83)(H,77,84)(H,78,81)(H,79,82)(H,87,88)(H,89,90)(H2,74,75,86);1H4;;/q;;2*+1/p-2/t64-,65-,66-,67-;;;/m1.../s1. The molecule has 0 bridgehead atoms. The monoisotopic (exact) mass is 1500 g/mol. The molecule has 0 aliphatic carbocycles. The molecule has 0 aliphatic rings. The summed E-state index contributed by atoms with van der Waals surface area (Å²) < 4.78 is 57.5. The number of phosphoric ester groups is 2. The molecule has 0 aromatic heterocycles. The summed E-state index contributed by atoms with van der Waals surface area (Å²) in [6.45, 7) is 8.84. The van der Waals surface area contributed by atoms with Crippen molar-refractivity contribution in [2.45, 2.75) is 381 Å². The van der Waals surface area contributed by atoms with Crippen LogP contribution in [0.4, 0.5) is 4.79 Å². The second kappa shape index (κ2) is 75.1. The minimum absolute atomic E-state index is 0. The largest absolute Gasteiger partial charge is 1.00 e. The second-order valence-electron chi connectivity index (χ2n) is 26.8. The molecule has 6 N–H and O–H groups in total. The van der Waals surface area contributed by atoms with E-state index in [0.717, 1.165) is 141 Å². The number of phosphoric acid groups is 2. The first-order valence-corrected chi connectivity index (χ1v) is 41.9. The summed E-state index contributed by atoms with van der Waals surface area (Å²) in [5, 5.41) is 15.9. The number of carbonyl (C=O) groups is 7. The minimum Gasteiger partial charge on any atom is -0.756 e. The van der Waals surface area contributed by atoms with Crippen LogP contribution in [0, 0.1) is 0 Å². The molecule has 23 nitrogen and oxygen atoms in total. The number of hydrogen-bond acceptors (Lipinski definition) is 17. The second-order valence-corrected chi connectivity index (χ2v) is 29.6. The molecular weight excluding hydrogens is 1350 g/mol. The van der Waals surface area contributed by atoms with Gasteiger partial charge in [0.2, 0.25) is 23.6 Å². The summed E-state index contributed by atoms with van der Waals surface area (Å²) in [7, 11) is -10.1. The molecule has 0 fully saturated rings. The van der Waals surface area contributed by atoms with Crippen LogP contribution in [-0.4, -0.2) is 118 Å². The van der Waals surface area contributed by atoms with Crippen LogP contribution in [-0.2, 0) is 65.5 Å². The topological polar surface area (TPSA) is 327 Å². The number of hydrogen-bond donors (Lipinski definition) is 6. The van der Waals surface area contributed by atoms with Gasteiger partial charge in [-0.25, -0.2) is 4.79 Å². The molecule has 584 valence electrons. The average molecular weight is 1500 g/mol. The van der Waals surface area contributed by atoms with Crippen LogP contribution in [0.1, 0.15) is 357 Å². The van der Waals surface area contributed by atoms with Gasteiger partial charge in [0.1, 0.15) is 12.2 Å². The van der Waals surface area contributed by atoms with Gasteiger partial charge in [0.25, 0.3) is 15.6 Å². The molecule has 0 saturated heterocycles. The van der Waals surface area contributed by atoms with Crippen LogP contribution < -0.4 is 101 Å². The smallest absolute Gasteiger partial charge is 0.756 e. The van der Waals surface area contributed by atoms with Crippen LogP contribution in [0.15, 0.2) is 0 Å². The summed E-state index contributed by atoms with van der Waals surface area (Å²) in [4.78, 5) is 116. The van der Waals surface area contributed by atoms with Gasteiger partial charge in [-0.2, -0.15) is 0 Å². The number of amides is 6. The summed E-state index contributed by atoms with van der Waals surface area (Å²) in [5.41, 5.74) is 0. The maximum absolute atomic E-state index is 13.5. The predicted octanol–water partition coefficient (Wildman–Crippen LogP) is 9.80. The van der Waals surface area contributed by atoms with Crippen molar-refractivity contribution in [3.8, 4) is 0 Å². The van der Waals surface area contributed by atoms with E-state index in [-0.39, 0.29) is 143 Å². The van der Waals surface area contributed by atoms with Gasteiger partial charge in [-0.15, -0.1) is 0 Å². The summed E-state index contributed by atoms with van der Waals surface area (Å²) in [5.74, 6) is -2.42. The normalized spacial score (nSPS) is 13.5. The zero-order valence-corrected chi connectivity index (χ0v) is 70.0. The molecule has 0 heterocycles. The fourth-order valence-corrected chi connectivity index (χ4v) is 12.9. The van der Waals surface area contributed by atoms with Crippen molar-refractivity contribution in [1.29, 1.82) is 0 Å². The van der Waals surface area contributed by atoms with Gasteiger partial charge >= 0.3 is 77.1 Å². The Bertz CT molecular complexity index is 2110. The zero-order valence-electron chi connectivity index (χ0n) is 64.2. The molecular formula is C74H144N6Na2O17P2. The van der Waals surface area contributed by atoms with Gasteiger partial charge in [0, 0.05) is 52.4 Å². The number of esters is 2. The number of unbranched alkanes of at least 4 members (excludes halogenated alkanes) is 36. The quantitative estimate of drug-likeness (QED) is 0.0143. The maximum atomic E-state index is 13.5. The van der Waals surface area contributed by atoms with Crippen LogP contribution in [0.2, 0.25) is 0 Å². The molecule has 0 saturated carbocycles. The number of nitrogens with one attached hydrogen (secondary N) is 6. The van der Waals surface area contributed by atoms with E-state index >= 15 is 0 Å². The third-order valence-electron chi connectivity index (χ3n) is 17.2. The van der Waals surface area contributed by atoms with Gasteiger partial charge in [0.15, 0.2) is 0 Å². The summed E-state index contributed by atoms with van der Waals surface area (Å²) in [6.07, 6.45) is 44.3. The third-order valence-corrected chi connectivity index (χ3v) is 19.1. The van der Waals surface area contributed by atoms with Crippen LogP contribution in [0.5, 0.6) is 0 Å². The summed E-state index contributed by atoms with van der Waals surface area (Å²) in [6, 6.07) is -2.77. The van der Waals surface area contributed by atoms with E-state index < -0.39 is 90.2 Å². The minimum atomic E-state index is -5.04. The Morgan fingerprint density at radius 3 is 0.941 bits per heavy atom. The fraction of sp³-hybridized carbons (Fsp3) is 0.905. The molecule has 0 rings (SSSR count). The third kappa shape index (κ3) is 73.6. The zero-order chi connectivity index (χ0) is 72.4. The van der Waals surface area contributed by atoms with E-state index in [1.165, 1.54) is 116 Å².